The van der Waals surface area contributed by atoms with E-state index in [0.717, 1.165) is 15.3 Å². The highest BCUT2D eigenvalue weighted by Crippen LogP contribution is 2.38. The van der Waals surface area contributed by atoms with Gasteiger partial charge in [0.25, 0.3) is 11.5 Å². The first kappa shape index (κ1) is 21.0. The number of hydrogen-bond acceptors (Lipinski definition) is 3. The van der Waals surface area contributed by atoms with Crippen LogP contribution in [0.15, 0.2) is 50.6 Å². The number of carbonyl (C=O) groups is 1. The molecular weight excluding hydrogens is 465 g/mol. The van der Waals surface area contributed by atoms with Gasteiger partial charge in [0.05, 0.1) is 10.7 Å². The fourth-order valence-electron chi connectivity index (χ4n) is 2.98. The lowest BCUT2D eigenvalue weighted by molar-refractivity contribution is 0.102. The molecule has 0 bridgehead atoms. The van der Waals surface area contributed by atoms with Crippen molar-refractivity contribution >= 4 is 39.1 Å². The van der Waals surface area contributed by atoms with Gasteiger partial charge in [-0.1, -0.05) is 29.8 Å². The summed E-state index contributed by atoms with van der Waals surface area (Å²) in [5.41, 5.74) is 0.0437. The maximum absolute atomic E-state index is 14.5. The fourth-order valence-corrected chi connectivity index (χ4v) is 3.57. The third kappa shape index (κ3) is 3.77. The van der Waals surface area contributed by atoms with Crippen molar-refractivity contribution in [2.45, 2.75) is 6.92 Å². The first-order valence-corrected chi connectivity index (χ1v) is 9.62. The molecule has 6 nitrogen and oxygen atoms in total. The number of carbonyl (C=O) groups excluding carboxylic acids is 1. The summed E-state index contributed by atoms with van der Waals surface area (Å²) in [5, 5.41) is 2.91. The van der Waals surface area contributed by atoms with Crippen LogP contribution in [0.4, 0.5) is 10.1 Å². The molecule has 0 radical (unpaired) electrons. The summed E-state index contributed by atoms with van der Waals surface area (Å²) in [7, 11) is 2.68. The highest BCUT2D eigenvalue weighted by Gasteiger charge is 2.20. The second kappa shape index (κ2) is 7.96. The summed E-state index contributed by atoms with van der Waals surface area (Å²) < 4.78 is 17.1. The number of aryl methyl sites for hydroxylation is 1. The predicted octanol–water partition coefficient (Wildman–Crippen LogP) is 3.87. The number of rotatable bonds is 3. The molecular formula is C20H16BrClFN3O3. The third-order valence-electron chi connectivity index (χ3n) is 4.59. The van der Waals surface area contributed by atoms with Crippen LogP contribution in [-0.4, -0.2) is 15.0 Å². The standard InChI is InChI=1S/C20H16BrClFN3O3/c1-10-11(12-5-4-6-14(21)16(12)22)7-8-15(23)17(10)24-18(27)13-9-25(2)20(29)26(3)19(13)28/h4-9H,1-3H3,(H,24,27). The van der Waals surface area contributed by atoms with Gasteiger partial charge in [0.15, 0.2) is 0 Å². The van der Waals surface area contributed by atoms with E-state index in [4.69, 9.17) is 11.6 Å². The second-order valence-corrected chi connectivity index (χ2v) is 7.68. The predicted molar refractivity (Wildman–Crippen MR) is 114 cm³/mol. The molecule has 1 N–H and O–H groups in total. The molecule has 0 spiro atoms. The average molecular weight is 481 g/mol. The van der Waals surface area contributed by atoms with E-state index in [1.807, 2.05) is 0 Å². The highest BCUT2D eigenvalue weighted by molar-refractivity contribution is 9.10. The molecule has 9 heteroatoms. The zero-order chi connectivity index (χ0) is 21.5. The van der Waals surface area contributed by atoms with Gasteiger partial charge >= 0.3 is 5.69 Å². The van der Waals surface area contributed by atoms with Crippen LogP contribution in [0.1, 0.15) is 15.9 Å². The number of benzene rings is 2. The lowest BCUT2D eigenvalue weighted by atomic mass is 9.98. The van der Waals surface area contributed by atoms with Crippen molar-refractivity contribution in [1.29, 1.82) is 0 Å². The van der Waals surface area contributed by atoms with Gasteiger partial charge < -0.3 is 9.88 Å². The summed E-state index contributed by atoms with van der Waals surface area (Å²) in [6, 6.07) is 8.14. The van der Waals surface area contributed by atoms with Gasteiger partial charge in [0.1, 0.15) is 11.4 Å². The lowest BCUT2D eigenvalue weighted by Gasteiger charge is -2.15. The molecule has 0 atom stereocenters. The van der Waals surface area contributed by atoms with Crippen LogP contribution >= 0.6 is 27.5 Å². The van der Waals surface area contributed by atoms with Crippen LogP contribution in [0.2, 0.25) is 5.02 Å². The monoisotopic (exact) mass is 479 g/mol. The van der Waals surface area contributed by atoms with E-state index in [-0.39, 0.29) is 11.3 Å². The summed E-state index contributed by atoms with van der Waals surface area (Å²) in [4.78, 5) is 36.8. The van der Waals surface area contributed by atoms with E-state index in [0.29, 0.717) is 26.2 Å². The molecule has 0 fully saturated rings. The van der Waals surface area contributed by atoms with E-state index < -0.39 is 23.0 Å². The Labute approximate surface area is 178 Å². The first-order chi connectivity index (χ1) is 13.6. The van der Waals surface area contributed by atoms with Gasteiger partial charge in [0, 0.05) is 30.3 Å². The van der Waals surface area contributed by atoms with Crippen molar-refractivity contribution < 1.29 is 9.18 Å². The van der Waals surface area contributed by atoms with Crippen molar-refractivity contribution in [3.05, 3.63) is 83.8 Å². The van der Waals surface area contributed by atoms with Gasteiger partial charge in [-0.3, -0.25) is 14.2 Å². The maximum Gasteiger partial charge on any atom is 0.330 e. The van der Waals surface area contributed by atoms with E-state index >= 15 is 0 Å². The molecule has 2 aromatic carbocycles. The van der Waals surface area contributed by atoms with E-state index in [9.17, 15) is 18.8 Å². The number of halogens is 3. The molecule has 1 aromatic heterocycles. The minimum absolute atomic E-state index is 0.0700. The van der Waals surface area contributed by atoms with Crippen molar-refractivity contribution in [3.8, 4) is 11.1 Å². The Morgan fingerprint density at radius 2 is 1.83 bits per heavy atom. The molecule has 150 valence electrons. The summed E-state index contributed by atoms with van der Waals surface area (Å²) in [5.74, 6) is -1.48. The number of amides is 1. The Kier molecular flexibility index (Phi) is 5.77. The molecule has 3 rings (SSSR count). The molecule has 29 heavy (non-hydrogen) atoms. The molecule has 3 aromatic rings. The van der Waals surface area contributed by atoms with Crippen molar-refractivity contribution in [2.75, 3.05) is 5.32 Å². The number of aromatic nitrogens is 2. The average Bonchev–Trinajstić information content (AvgIpc) is 2.68. The number of hydrogen-bond donors (Lipinski definition) is 1. The highest BCUT2D eigenvalue weighted by atomic mass is 79.9. The van der Waals surface area contributed by atoms with Crippen LogP contribution < -0.4 is 16.6 Å². The van der Waals surface area contributed by atoms with Gasteiger partial charge in [-0.2, -0.15) is 0 Å². The summed E-state index contributed by atoms with van der Waals surface area (Å²) >= 11 is 9.72. The van der Waals surface area contributed by atoms with Crippen molar-refractivity contribution in [1.82, 2.24) is 9.13 Å². The minimum Gasteiger partial charge on any atom is -0.319 e. The van der Waals surface area contributed by atoms with Crippen LogP contribution in [-0.2, 0) is 14.1 Å². The van der Waals surface area contributed by atoms with Crippen LogP contribution in [0.3, 0.4) is 0 Å². The lowest BCUT2D eigenvalue weighted by Crippen LogP contribution is -2.40. The fraction of sp³-hybridized carbons (Fsp3) is 0.150. The zero-order valence-electron chi connectivity index (χ0n) is 15.7. The Bertz CT molecular complexity index is 1270. The third-order valence-corrected chi connectivity index (χ3v) is 5.88. The molecule has 0 unspecified atom stereocenters. The van der Waals surface area contributed by atoms with Crippen LogP contribution in [0, 0.1) is 12.7 Å². The number of anilines is 1. The molecule has 1 amide bonds. The summed E-state index contributed by atoms with van der Waals surface area (Å²) in [6.45, 7) is 1.64. The van der Waals surface area contributed by atoms with E-state index in [1.165, 1.54) is 20.2 Å². The Hall–Kier alpha value is -2.71. The molecule has 1 heterocycles. The van der Waals surface area contributed by atoms with Crippen LogP contribution in [0.5, 0.6) is 0 Å². The summed E-state index contributed by atoms with van der Waals surface area (Å²) in [6.07, 6.45) is 1.13. The molecule has 0 aliphatic heterocycles. The normalized spacial score (nSPS) is 10.8. The number of nitrogens with zero attached hydrogens (tertiary/aromatic N) is 2. The van der Waals surface area contributed by atoms with Gasteiger partial charge in [-0.05, 0) is 46.1 Å². The van der Waals surface area contributed by atoms with E-state index in [1.54, 1.807) is 31.2 Å². The molecule has 0 saturated carbocycles. The topological polar surface area (TPSA) is 73.1 Å². The zero-order valence-corrected chi connectivity index (χ0v) is 18.1. The first-order valence-electron chi connectivity index (χ1n) is 8.45. The Balaban J connectivity index is 2.09. The maximum atomic E-state index is 14.5. The number of nitrogens with one attached hydrogen (secondary N) is 1. The Morgan fingerprint density at radius 3 is 2.52 bits per heavy atom. The van der Waals surface area contributed by atoms with Crippen LogP contribution in [0.25, 0.3) is 11.1 Å². The van der Waals surface area contributed by atoms with Gasteiger partial charge in [-0.15, -0.1) is 0 Å². The minimum atomic E-state index is -0.819. The molecule has 0 aliphatic carbocycles. The molecule has 0 aliphatic rings. The van der Waals surface area contributed by atoms with Crippen molar-refractivity contribution in [2.24, 2.45) is 14.1 Å². The largest absolute Gasteiger partial charge is 0.330 e. The van der Waals surface area contributed by atoms with E-state index in [2.05, 4.69) is 21.2 Å². The van der Waals surface area contributed by atoms with Crippen molar-refractivity contribution in [3.63, 3.8) is 0 Å². The quantitative estimate of drug-likeness (QED) is 0.619. The smallest absolute Gasteiger partial charge is 0.319 e. The molecule has 0 saturated heterocycles. The van der Waals surface area contributed by atoms with Gasteiger partial charge in [0.2, 0.25) is 0 Å². The SMILES string of the molecule is Cc1c(-c2cccc(Br)c2Cl)ccc(F)c1NC(=O)c1cn(C)c(=O)n(C)c1=O. The van der Waals surface area contributed by atoms with Gasteiger partial charge in [-0.25, -0.2) is 9.18 Å². The second-order valence-electron chi connectivity index (χ2n) is 6.45. The Morgan fingerprint density at radius 1 is 1.14 bits per heavy atom.